The van der Waals surface area contributed by atoms with Gasteiger partial charge in [0.2, 0.25) is 0 Å². The van der Waals surface area contributed by atoms with Crippen LogP contribution >= 0.6 is 11.8 Å². The minimum Gasteiger partial charge on any atom is -0.384 e. The van der Waals surface area contributed by atoms with Crippen molar-refractivity contribution in [3.8, 4) is 0 Å². The minimum atomic E-state index is 0.119. The van der Waals surface area contributed by atoms with Crippen molar-refractivity contribution in [2.75, 3.05) is 37.5 Å². The zero-order valence-electron chi connectivity index (χ0n) is 10.3. The largest absolute Gasteiger partial charge is 0.384 e. The van der Waals surface area contributed by atoms with Crippen LogP contribution in [0.4, 0.5) is 5.69 Å². The van der Waals surface area contributed by atoms with Crippen LogP contribution < -0.4 is 5.32 Å². The fourth-order valence-corrected chi connectivity index (χ4v) is 2.44. The Kier molecular flexibility index (Phi) is 3.94. The van der Waals surface area contributed by atoms with Gasteiger partial charge in [-0.2, -0.15) is 11.8 Å². The molecular weight excluding hydrogens is 232 g/mol. The van der Waals surface area contributed by atoms with Gasteiger partial charge in [0.05, 0.1) is 0 Å². The molecule has 0 aromatic heterocycles. The number of fused-ring (bicyclic) bond motifs is 1. The fourth-order valence-electron chi connectivity index (χ4n) is 1.99. The van der Waals surface area contributed by atoms with Gasteiger partial charge in [-0.25, -0.2) is 0 Å². The molecule has 92 valence electrons. The average molecular weight is 250 g/mol. The average Bonchev–Trinajstić information content (AvgIpc) is 2.81. The molecule has 1 aromatic rings. The van der Waals surface area contributed by atoms with Gasteiger partial charge < -0.3 is 10.2 Å². The van der Waals surface area contributed by atoms with E-state index < -0.39 is 0 Å². The Morgan fingerprint density at radius 2 is 2.35 bits per heavy atom. The number of hydrogen-bond donors (Lipinski definition) is 1. The van der Waals surface area contributed by atoms with Gasteiger partial charge in [-0.15, -0.1) is 0 Å². The molecule has 0 saturated carbocycles. The number of carbonyl (C=O) groups is 1. The second kappa shape index (κ2) is 5.45. The van der Waals surface area contributed by atoms with Crippen molar-refractivity contribution in [2.24, 2.45) is 0 Å². The summed E-state index contributed by atoms with van der Waals surface area (Å²) in [5.74, 6) is 1.10. The van der Waals surface area contributed by atoms with Crippen molar-refractivity contribution in [2.45, 2.75) is 6.42 Å². The van der Waals surface area contributed by atoms with E-state index >= 15 is 0 Å². The van der Waals surface area contributed by atoms with E-state index in [0.29, 0.717) is 0 Å². The smallest absolute Gasteiger partial charge is 0.253 e. The van der Waals surface area contributed by atoms with E-state index in [0.717, 1.165) is 30.8 Å². The Balaban J connectivity index is 2.09. The first-order valence-electron chi connectivity index (χ1n) is 5.83. The summed E-state index contributed by atoms with van der Waals surface area (Å²) in [6.07, 6.45) is 3.07. The Hall–Kier alpha value is -1.16. The Bertz CT molecular complexity index is 420. The highest BCUT2D eigenvalue weighted by molar-refractivity contribution is 7.98. The Labute approximate surface area is 107 Å². The highest BCUT2D eigenvalue weighted by Crippen LogP contribution is 2.23. The van der Waals surface area contributed by atoms with Gasteiger partial charge in [0.15, 0.2) is 0 Å². The maximum absolute atomic E-state index is 12.1. The molecule has 3 nitrogen and oxygen atoms in total. The van der Waals surface area contributed by atoms with E-state index in [1.807, 2.05) is 25.2 Å². The molecule has 1 aliphatic rings. The van der Waals surface area contributed by atoms with E-state index in [1.165, 1.54) is 11.3 Å². The predicted octanol–water partition coefficient (Wildman–Crippen LogP) is 2.09. The molecule has 0 bridgehead atoms. The van der Waals surface area contributed by atoms with Crippen molar-refractivity contribution in [1.82, 2.24) is 4.90 Å². The van der Waals surface area contributed by atoms with Gasteiger partial charge in [-0.3, -0.25) is 4.79 Å². The van der Waals surface area contributed by atoms with Crippen LogP contribution in [0.25, 0.3) is 0 Å². The molecule has 0 unspecified atom stereocenters. The van der Waals surface area contributed by atoms with Crippen molar-refractivity contribution in [3.05, 3.63) is 29.3 Å². The molecule has 0 fully saturated rings. The Morgan fingerprint density at radius 1 is 1.53 bits per heavy atom. The molecule has 1 amide bonds. The number of anilines is 1. The number of nitrogens with one attached hydrogen (secondary N) is 1. The number of hydrogen-bond acceptors (Lipinski definition) is 3. The quantitative estimate of drug-likeness (QED) is 0.888. The second-order valence-electron chi connectivity index (χ2n) is 4.27. The topological polar surface area (TPSA) is 32.3 Å². The minimum absolute atomic E-state index is 0.119. The summed E-state index contributed by atoms with van der Waals surface area (Å²) in [7, 11) is 1.87. The molecule has 1 heterocycles. The van der Waals surface area contributed by atoms with Crippen LogP contribution in [0.5, 0.6) is 0 Å². The third-order valence-corrected chi connectivity index (χ3v) is 3.63. The van der Waals surface area contributed by atoms with Crippen molar-refractivity contribution >= 4 is 23.4 Å². The van der Waals surface area contributed by atoms with Gasteiger partial charge in [-0.1, -0.05) is 0 Å². The molecular formula is C13H18N2OS. The predicted molar refractivity (Wildman–Crippen MR) is 74.0 cm³/mol. The van der Waals surface area contributed by atoms with Crippen LogP contribution in [0.1, 0.15) is 15.9 Å². The maximum Gasteiger partial charge on any atom is 0.253 e. The third kappa shape index (κ3) is 2.75. The highest BCUT2D eigenvalue weighted by atomic mass is 32.2. The fraction of sp³-hybridized carbons (Fsp3) is 0.462. The van der Waals surface area contributed by atoms with Gasteiger partial charge in [0.25, 0.3) is 5.91 Å². The van der Waals surface area contributed by atoms with Gasteiger partial charge in [0, 0.05) is 37.1 Å². The molecule has 0 aliphatic carbocycles. The SMILES string of the molecule is CSCCN(C)C(=O)c1ccc2c(c1)CCN2. The van der Waals surface area contributed by atoms with Gasteiger partial charge in [-0.05, 0) is 36.4 Å². The normalized spacial score (nSPS) is 13.1. The first-order valence-corrected chi connectivity index (χ1v) is 7.23. The lowest BCUT2D eigenvalue weighted by atomic mass is 10.1. The molecule has 1 aromatic carbocycles. The summed E-state index contributed by atoms with van der Waals surface area (Å²) >= 11 is 1.76. The second-order valence-corrected chi connectivity index (χ2v) is 5.25. The van der Waals surface area contributed by atoms with Crippen LogP contribution in [-0.2, 0) is 6.42 Å². The number of benzene rings is 1. The van der Waals surface area contributed by atoms with E-state index in [-0.39, 0.29) is 5.91 Å². The molecule has 1 N–H and O–H groups in total. The van der Waals surface area contributed by atoms with E-state index in [1.54, 1.807) is 16.7 Å². The molecule has 1 aliphatic heterocycles. The molecule has 4 heteroatoms. The summed E-state index contributed by atoms with van der Waals surface area (Å²) in [6.45, 7) is 1.78. The van der Waals surface area contributed by atoms with Crippen molar-refractivity contribution in [3.63, 3.8) is 0 Å². The zero-order valence-corrected chi connectivity index (χ0v) is 11.1. The number of nitrogens with zero attached hydrogens (tertiary/aromatic N) is 1. The molecule has 0 saturated heterocycles. The standard InChI is InChI=1S/C13H18N2OS/c1-15(7-8-17-2)13(16)11-3-4-12-10(9-11)5-6-14-12/h3-4,9,14H,5-8H2,1-2H3. The Morgan fingerprint density at radius 3 is 3.12 bits per heavy atom. The summed E-state index contributed by atoms with van der Waals surface area (Å²) in [6, 6.07) is 5.94. The molecule has 17 heavy (non-hydrogen) atoms. The molecule has 0 spiro atoms. The summed E-state index contributed by atoms with van der Waals surface area (Å²) in [4.78, 5) is 13.9. The first kappa shape index (κ1) is 12.3. The lowest BCUT2D eigenvalue weighted by Gasteiger charge is -2.17. The van der Waals surface area contributed by atoms with Gasteiger partial charge >= 0.3 is 0 Å². The number of amides is 1. The third-order valence-electron chi connectivity index (χ3n) is 3.04. The van der Waals surface area contributed by atoms with E-state index in [4.69, 9.17) is 0 Å². The van der Waals surface area contributed by atoms with Crippen LogP contribution in [0.15, 0.2) is 18.2 Å². The zero-order chi connectivity index (χ0) is 12.3. The van der Waals surface area contributed by atoms with Crippen LogP contribution in [0.2, 0.25) is 0 Å². The first-order chi connectivity index (χ1) is 8.22. The van der Waals surface area contributed by atoms with E-state index in [9.17, 15) is 4.79 Å². The van der Waals surface area contributed by atoms with Crippen LogP contribution in [0, 0.1) is 0 Å². The molecule has 0 atom stereocenters. The highest BCUT2D eigenvalue weighted by Gasteiger charge is 2.15. The molecule has 0 radical (unpaired) electrons. The summed E-state index contributed by atoms with van der Waals surface area (Å²) in [5, 5.41) is 3.30. The maximum atomic E-state index is 12.1. The number of thioether (sulfide) groups is 1. The molecule has 2 rings (SSSR count). The number of carbonyl (C=O) groups excluding carboxylic acids is 1. The van der Waals surface area contributed by atoms with Crippen LogP contribution in [0.3, 0.4) is 0 Å². The summed E-state index contributed by atoms with van der Waals surface area (Å²) < 4.78 is 0. The van der Waals surface area contributed by atoms with Crippen molar-refractivity contribution < 1.29 is 4.79 Å². The van der Waals surface area contributed by atoms with E-state index in [2.05, 4.69) is 11.6 Å². The lowest BCUT2D eigenvalue weighted by Crippen LogP contribution is -2.28. The number of rotatable bonds is 4. The lowest BCUT2D eigenvalue weighted by molar-refractivity contribution is 0.0803. The van der Waals surface area contributed by atoms with Crippen molar-refractivity contribution in [1.29, 1.82) is 0 Å². The monoisotopic (exact) mass is 250 g/mol. The summed E-state index contributed by atoms with van der Waals surface area (Å²) in [5.41, 5.74) is 3.23. The van der Waals surface area contributed by atoms with Gasteiger partial charge in [0.1, 0.15) is 0 Å². The van der Waals surface area contributed by atoms with Crippen LogP contribution in [-0.4, -0.2) is 43.0 Å².